The van der Waals surface area contributed by atoms with Crippen LogP contribution in [0.2, 0.25) is 0 Å². The number of rotatable bonds is 5. The minimum Gasteiger partial charge on any atom is -0.492 e. The summed E-state index contributed by atoms with van der Waals surface area (Å²) in [6.07, 6.45) is 4.32. The molecule has 5 heteroatoms. The van der Waals surface area contributed by atoms with Crippen molar-refractivity contribution in [3.63, 3.8) is 0 Å². The van der Waals surface area contributed by atoms with Gasteiger partial charge in [0.25, 0.3) is 0 Å². The lowest BCUT2D eigenvalue weighted by Gasteiger charge is -2.30. The quantitative estimate of drug-likeness (QED) is 0.840. The smallest absolute Gasteiger partial charge is 0.239 e. The number of carbonyl (C=O) groups is 2. The van der Waals surface area contributed by atoms with Crippen LogP contribution in [0, 0.1) is 5.41 Å². The Bertz CT molecular complexity index is 576. The van der Waals surface area contributed by atoms with Crippen LogP contribution in [-0.2, 0) is 9.59 Å². The van der Waals surface area contributed by atoms with Crippen molar-refractivity contribution in [2.24, 2.45) is 5.41 Å². The summed E-state index contributed by atoms with van der Waals surface area (Å²) >= 11 is 0. The lowest BCUT2D eigenvalue weighted by Crippen LogP contribution is -2.47. The number of para-hydroxylation sites is 2. The Kier molecular flexibility index (Phi) is 6.23. The number of nitrogens with one attached hydrogen (secondary N) is 1. The molecule has 0 atom stereocenters. The molecule has 1 aromatic rings. The standard InChI is InChI=1S/C19H28N2O3/c1-4-24-16-12-8-7-11-15(16)20-17(22)19(2,3)18(23)21-13-9-5-6-10-14-21/h7-8,11-12H,4-6,9-10,13-14H2,1-3H3,(H,20,22). The number of amides is 2. The van der Waals surface area contributed by atoms with Gasteiger partial charge in [-0.15, -0.1) is 0 Å². The SMILES string of the molecule is CCOc1ccccc1NC(=O)C(C)(C)C(=O)N1CCCCCC1. The third-order valence-corrected chi connectivity index (χ3v) is 4.43. The molecule has 0 aliphatic carbocycles. The van der Waals surface area contributed by atoms with Crippen LogP contribution in [0.15, 0.2) is 24.3 Å². The molecular weight excluding hydrogens is 304 g/mol. The van der Waals surface area contributed by atoms with Crippen LogP contribution in [0.3, 0.4) is 0 Å². The van der Waals surface area contributed by atoms with Gasteiger partial charge in [0.15, 0.2) is 0 Å². The first-order chi connectivity index (χ1) is 11.5. The number of benzene rings is 1. The largest absolute Gasteiger partial charge is 0.492 e. The third-order valence-electron chi connectivity index (χ3n) is 4.43. The van der Waals surface area contributed by atoms with Gasteiger partial charge in [0.1, 0.15) is 11.2 Å². The van der Waals surface area contributed by atoms with Gasteiger partial charge in [-0.05, 0) is 45.7 Å². The summed E-state index contributed by atoms with van der Waals surface area (Å²) < 4.78 is 5.53. The summed E-state index contributed by atoms with van der Waals surface area (Å²) in [4.78, 5) is 27.4. The molecule has 1 saturated heterocycles. The number of ether oxygens (including phenoxy) is 1. The zero-order chi connectivity index (χ0) is 17.6. The van der Waals surface area contributed by atoms with Crippen molar-refractivity contribution < 1.29 is 14.3 Å². The zero-order valence-corrected chi connectivity index (χ0v) is 14.9. The van der Waals surface area contributed by atoms with Gasteiger partial charge < -0.3 is 15.0 Å². The van der Waals surface area contributed by atoms with Crippen molar-refractivity contribution in [1.29, 1.82) is 0 Å². The number of nitrogens with zero attached hydrogens (tertiary/aromatic N) is 1. The van der Waals surface area contributed by atoms with E-state index in [1.54, 1.807) is 19.9 Å². The van der Waals surface area contributed by atoms with Crippen LogP contribution in [0.25, 0.3) is 0 Å². The fourth-order valence-electron chi connectivity index (χ4n) is 2.90. The highest BCUT2D eigenvalue weighted by atomic mass is 16.5. The fourth-order valence-corrected chi connectivity index (χ4v) is 2.90. The van der Waals surface area contributed by atoms with Crippen LogP contribution < -0.4 is 10.1 Å². The molecule has 2 amide bonds. The topological polar surface area (TPSA) is 58.6 Å². The van der Waals surface area contributed by atoms with Gasteiger partial charge in [0.05, 0.1) is 12.3 Å². The number of likely N-dealkylation sites (tertiary alicyclic amines) is 1. The Morgan fingerprint density at radius 2 is 1.75 bits per heavy atom. The first-order valence-corrected chi connectivity index (χ1v) is 8.79. The predicted octanol–water partition coefficient (Wildman–Crippen LogP) is 3.45. The molecule has 0 bridgehead atoms. The molecular formula is C19H28N2O3. The summed E-state index contributed by atoms with van der Waals surface area (Å²) in [7, 11) is 0. The first kappa shape index (κ1) is 18.3. The van der Waals surface area contributed by atoms with E-state index >= 15 is 0 Å². The minimum absolute atomic E-state index is 0.101. The van der Waals surface area contributed by atoms with E-state index in [1.165, 1.54) is 0 Å². The maximum atomic E-state index is 12.8. The molecule has 5 nitrogen and oxygen atoms in total. The molecule has 1 aliphatic rings. The van der Waals surface area contributed by atoms with Gasteiger partial charge in [-0.3, -0.25) is 9.59 Å². The highest BCUT2D eigenvalue weighted by Gasteiger charge is 2.39. The van der Waals surface area contributed by atoms with Crippen molar-refractivity contribution in [2.75, 3.05) is 25.0 Å². The third kappa shape index (κ3) is 4.28. The van der Waals surface area contributed by atoms with Crippen LogP contribution in [-0.4, -0.2) is 36.4 Å². The summed E-state index contributed by atoms with van der Waals surface area (Å²) in [5.41, 5.74) is -0.509. The van der Waals surface area contributed by atoms with Crippen molar-refractivity contribution in [3.05, 3.63) is 24.3 Å². The average molecular weight is 332 g/mol. The summed E-state index contributed by atoms with van der Waals surface area (Å²) in [5.74, 6) is 0.214. The Morgan fingerprint density at radius 1 is 1.12 bits per heavy atom. The second kappa shape index (κ2) is 8.18. The monoisotopic (exact) mass is 332 g/mol. The number of carbonyl (C=O) groups excluding carboxylic acids is 2. The first-order valence-electron chi connectivity index (χ1n) is 8.79. The second-order valence-electron chi connectivity index (χ2n) is 6.71. The molecule has 2 rings (SSSR count). The van der Waals surface area contributed by atoms with Crippen LogP contribution in [0.1, 0.15) is 46.5 Å². The second-order valence-corrected chi connectivity index (χ2v) is 6.71. The molecule has 0 spiro atoms. The Morgan fingerprint density at radius 3 is 2.38 bits per heavy atom. The van der Waals surface area contributed by atoms with Gasteiger partial charge in [-0.2, -0.15) is 0 Å². The van der Waals surface area contributed by atoms with Gasteiger partial charge in [-0.1, -0.05) is 25.0 Å². The molecule has 24 heavy (non-hydrogen) atoms. The number of anilines is 1. The highest BCUT2D eigenvalue weighted by Crippen LogP contribution is 2.28. The van der Waals surface area contributed by atoms with E-state index in [9.17, 15) is 9.59 Å². The molecule has 1 N–H and O–H groups in total. The van der Waals surface area contributed by atoms with Crippen LogP contribution in [0.5, 0.6) is 5.75 Å². The van der Waals surface area contributed by atoms with Crippen molar-refractivity contribution in [2.45, 2.75) is 46.5 Å². The maximum absolute atomic E-state index is 12.8. The molecule has 0 radical (unpaired) electrons. The highest BCUT2D eigenvalue weighted by molar-refractivity contribution is 6.10. The lowest BCUT2D eigenvalue weighted by atomic mass is 9.90. The molecule has 0 unspecified atom stereocenters. The van der Waals surface area contributed by atoms with E-state index in [4.69, 9.17) is 4.74 Å². The van der Waals surface area contributed by atoms with E-state index in [2.05, 4.69) is 5.32 Å². The van der Waals surface area contributed by atoms with Crippen LogP contribution >= 0.6 is 0 Å². The molecule has 1 aromatic carbocycles. The van der Waals surface area contributed by atoms with Crippen molar-refractivity contribution in [3.8, 4) is 5.75 Å². The molecule has 1 heterocycles. The Hall–Kier alpha value is -2.04. The summed E-state index contributed by atoms with van der Waals surface area (Å²) in [6.45, 7) is 7.28. The molecule has 1 fully saturated rings. The summed E-state index contributed by atoms with van der Waals surface area (Å²) in [6, 6.07) is 7.29. The average Bonchev–Trinajstić information content (AvgIpc) is 2.85. The molecule has 0 saturated carbocycles. The zero-order valence-electron chi connectivity index (χ0n) is 14.9. The van der Waals surface area contributed by atoms with Crippen molar-refractivity contribution in [1.82, 2.24) is 4.90 Å². The maximum Gasteiger partial charge on any atom is 0.239 e. The van der Waals surface area contributed by atoms with E-state index in [0.717, 1.165) is 38.8 Å². The predicted molar refractivity (Wildman–Crippen MR) is 95.1 cm³/mol. The Labute approximate surface area is 144 Å². The van der Waals surface area contributed by atoms with E-state index in [0.29, 0.717) is 18.0 Å². The van der Waals surface area contributed by atoms with Crippen LogP contribution in [0.4, 0.5) is 5.69 Å². The van der Waals surface area contributed by atoms with Crippen molar-refractivity contribution >= 4 is 17.5 Å². The van der Waals surface area contributed by atoms with E-state index < -0.39 is 5.41 Å². The fraction of sp³-hybridized carbons (Fsp3) is 0.579. The van der Waals surface area contributed by atoms with Gasteiger partial charge in [0.2, 0.25) is 11.8 Å². The lowest BCUT2D eigenvalue weighted by molar-refractivity contribution is -0.146. The molecule has 0 aromatic heterocycles. The van der Waals surface area contributed by atoms with E-state index in [1.807, 2.05) is 30.0 Å². The molecule has 132 valence electrons. The van der Waals surface area contributed by atoms with Gasteiger partial charge in [0, 0.05) is 13.1 Å². The van der Waals surface area contributed by atoms with Gasteiger partial charge in [-0.25, -0.2) is 0 Å². The minimum atomic E-state index is -1.11. The van der Waals surface area contributed by atoms with E-state index in [-0.39, 0.29) is 11.8 Å². The Balaban J connectivity index is 2.10. The summed E-state index contributed by atoms with van der Waals surface area (Å²) in [5, 5.41) is 2.86. The van der Waals surface area contributed by atoms with Gasteiger partial charge >= 0.3 is 0 Å². The normalized spacial score (nSPS) is 15.5. The number of hydrogen-bond donors (Lipinski definition) is 1. The number of hydrogen-bond acceptors (Lipinski definition) is 3. The molecule has 1 aliphatic heterocycles.